The minimum absolute atomic E-state index is 0.0755. The van der Waals surface area contributed by atoms with Crippen LogP contribution in [-0.2, 0) is 13.1 Å². The van der Waals surface area contributed by atoms with Gasteiger partial charge >= 0.3 is 0 Å². The van der Waals surface area contributed by atoms with E-state index in [1.54, 1.807) is 12.3 Å². The Morgan fingerprint density at radius 1 is 1.03 bits per heavy atom. The second-order valence-corrected chi connectivity index (χ2v) is 8.70. The van der Waals surface area contributed by atoms with Gasteiger partial charge in [-0.15, -0.1) is 0 Å². The van der Waals surface area contributed by atoms with Crippen LogP contribution < -0.4 is 20.3 Å². The van der Waals surface area contributed by atoms with Crippen LogP contribution >= 0.6 is 0 Å². The van der Waals surface area contributed by atoms with Crippen molar-refractivity contribution in [1.29, 1.82) is 0 Å². The Morgan fingerprint density at radius 2 is 1.81 bits per heavy atom. The van der Waals surface area contributed by atoms with Crippen molar-refractivity contribution in [3.8, 4) is 11.5 Å². The Bertz CT molecular complexity index is 1150. The standard InChI is InChI=1S/C25H30N4O3/c1-18-2-3-19-4-5-25(30)29(22(19)14-18)11-10-28-8-6-20(7-9-28)26-16-21-15-23-24(17-27-21)32-13-12-31-23/h2-5,14-15,17,20,26H,6-13,16H2,1H3. The molecule has 1 N–H and O–H groups in total. The number of piperidine rings is 1. The zero-order valence-corrected chi connectivity index (χ0v) is 18.5. The summed E-state index contributed by atoms with van der Waals surface area (Å²) in [5, 5.41) is 4.75. The lowest BCUT2D eigenvalue weighted by molar-refractivity contribution is 0.170. The van der Waals surface area contributed by atoms with Crippen LogP contribution in [0.25, 0.3) is 10.9 Å². The maximum absolute atomic E-state index is 12.5. The van der Waals surface area contributed by atoms with Crippen molar-refractivity contribution < 1.29 is 9.47 Å². The molecule has 1 aromatic carbocycles. The van der Waals surface area contributed by atoms with E-state index in [-0.39, 0.29) is 5.56 Å². The van der Waals surface area contributed by atoms with Crippen molar-refractivity contribution in [3.63, 3.8) is 0 Å². The van der Waals surface area contributed by atoms with Crippen LogP contribution in [-0.4, -0.2) is 53.3 Å². The highest BCUT2D eigenvalue weighted by Crippen LogP contribution is 2.29. The van der Waals surface area contributed by atoms with Gasteiger partial charge in [0.15, 0.2) is 11.5 Å². The molecule has 4 heterocycles. The van der Waals surface area contributed by atoms with E-state index < -0.39 is 0 Å². The van der Waals surface area contributed by atoms with Gasteiger partial charge in [0, 0.05) is 37.8 Å². The lowest BCUT2D eigenvalue weighted by Gasteiger charge is -2.32. The highest BCUT2D eigenvalue weighted by Gasteiger charge is 2.20. The average Bonchev–Trinajstić information content (AvgIpc) is 2.82. The molecule has 0 bridgehead atoms. The van der Waals surface area contributed by atoms with Gasteiger partial charge in [-0.2, -0.15) is 0 Å². The molecule has 0 radical (unpaired) electrons. The number of nitrogens with zero attached hydrogens (tertiary/aromatic N) is 3. The van der Waals surface area contributed by atoms with Crippen molar-refractivity contribution in [1.82, 2.24) is 19.8 Å². The molecule has 0 saturated carbocycles. The fraction of sp³-hybridized carbons (Fsp3) is 0.440. The summed E-state index contributed by atoms with van der Waals surface area (Å²) in [6.07, 6.45) is 3.94. The molecule has 168 valence electrons. The fourth-order valence-electron chi connectivity index (χ4n) is 4.57. The SMILES string of the molecule is Cc1ccc2ccc(=O)n(CCN3CCC(NCc4cc5c(cn4)OCCO5)CC3)c2c1. The number of nitrogens with one attached hydrogen (secondary N) is 1. The maximum Gasteiger partial charge on any atom is 0.251 e. The molecule has 0 aliphatic carbocycles. The van der Waals surface area contributed by atoms with Crippen LogP contribution in [0.15, 0.2) is 47.4 Å². The number of aryl methyl sites for hydroxylation is 1. The molecule has 0 amide bonds. The zero-order valence-electron chi connectivity index (χ0n) is 18.5. The van der Waals surface area contributed by atoms with Gasteiger partial charge in [-0.1, -0.05) is 12.1 Å². The second kappa shape index (κ2) is 9.30. The zero-order chi connectivity index (χ0) is 21.9. The predicted molar refractivity (Wildman–Crippen MR) is 124 cm³/mol. The summed E-state index contributed by atoms with van der Waals surface area (Å²) in [4.78, 5) is 19.4. The highest BCUT2D eigenvalue weighted by molar-refractivity contribution is 5.79. The monoisotopic (exact) mass is 434 g/mol. The Kier molecular flexibility index (Phi) is 6.10. The lowest BCUT2D eigenvalue weighted by Crippen LogP contribution is -2.43. The molecule has 0 spiro atoms. The van der Waals surface area contributed by atoms with E-state index in [9.17, 15) is 4.79 Å². The number of ether oxygens (including phenoxy) is 2. The van der Waals surface area contributed by atoms with Crippen LogP contribution in [0.4, 0.5) is 0 Å². The fourth-order valence-corrected chi connectivity index (χ4v) is 4.57. The van der Waals surface area contributed by atoms with Gasteiger partial charge in [0.25, 0.3) is 5.56 Å². The quantitative estimate of drug-likeness (QED) is 0.644. The maximum atomic E-state index is 12.5. The van der Waals surface area contributed by atoms with Gasteiger partial charge in [-0.3, -0.25) is 9.78 Å². The van der Waals surface area contributed by atoms with Gasteiger partial charge in [-0.05, 0) is 55.9 Å². The summed E-state index contributed by atoms with van der Waals surface area (Å²) >= 11 is 0. The van der Waals surface area contributed by atoms with E-state index in [1.165, 1.54) is 5.56 Å². The minimum atomic E-state index is 0.0755. The number of likely N-dealkylation sites (tertiary alicyclic amines) is 1. The van der Waals surface area contributed by atoms with Crippen LogP contribution in [0.1, 0.15) is 24.1 Å². The Labute approximate surface area is 188 Å². The summed E-state index contributed by atoms with van der Waals surface area (Å²) < 4.78 is 13.1. The molecule has 0 atom stereocenters. The first-order valence-corrected chi connectivity index (χ1v) is 11.5. The summed E-state index contributed by atoms with van der Waals surface area (Å²) in [6, 6.07) is 12.3. The molecule has 1 fully saturated rings. The molecule has 32 heavy (non-hydrogen) atoms. The number of aromatic nitrogens is 2. The van der Waals surface area contributed by atoms with Crippen LogP contribution in [0, 0.1) is 6.92 Å². The predicted octanol–water partition coefficient (Wildman–Crippen LogP) is 2.73. The molecule has 0 unspecified atom stereocenters. The molecule has 5 rings (SSSR count). The molecule has 3 aromatic rings. The Balaban J connectivity index is 1.13. The second-order valence-electron chi connectivity index (χ2n) is 8.70. The number of fused-ring (bicyclic) bond motifs is 2. The van der Waals surface area contributed by atoms with Crippen molar-refractivity contribution >= 4 is 10.9 Å². The van der Waals surface area contributed by atoms with Crippen molar-refractivity contribution in [2.45, 2.75) is 38.9 Å². The number of rotatable bonds is 6. The Morgan fingerprint density at radius 3 is 2.66 bits per heavy atom. The van der Waals surface area contributed by atoms with Crippen LogP contribution in [0.5, 0.6) is 11.5 Å². The number of hydrogen-bond donors (Lipinski definition) is 1. The smallest absolute Gasteiger partial charge is 0.251 e. The molecule has 7 heteroatoms. The summed E-state index contributed by atoms with van der Waals surface area (Å²) in [5.41, 5.74) is 3.26. The molecule has 1 saturated heterocycles. The molecule has 2 aromatic heterocycles. The van der Waals surface area contributed by atoms with Crippen molar-refractivity contribution in [2.24, 2.45) is 0 Å². The first kappa shape index (κ1) is 21.0. The van der Waals surface area contributed by atoms with Gasteiger partial charge in [0.05, 0.1) is 17.4 Å². The number of benzene rings is 1. The average molecular weight is 435 g/mol. The van der Waals surface area contributed by atoms with E-state index in [2.05, 4.69) is 40.3 Å². The van der Waals surface area contributed by atoms with Crippen LogP contribution in [0.3, 0.4) is 0 Å². The molecule has 2 aliphatic rings. The summed E-state index contributed by atoms with van der Waals surface area (Å²) in [6.45, 7) is 7.65. The summed E-state index contributed by atoms with van der Waals surface area (Å²) in [5.74, 6) is 1.52. The minimum Gasteiger partial charge on any atom is -0.486 e. The van der Waals surface area contributed by atoms with Crippen molar-refractivity contribution in [2.75, 3.05) is 32.8 Å². The number of hydrogen-bond acceptors (Lipinski definition) is 6. The van der Waals surface area contributed by atoms with Gasteiger partial charge < -0.3 is 24.3 Å². The third kappa shape index (κ3) is 4.64. The molecule has 7 nitrogen and oxygen atoms in total. The third-order valence-corrected chi connectivity index (χ3v) is 6.43. The normalized spacial score (nSPS) is 17.0. The van der Waals surface area contributed by atoms with E-state index in [1.807, 2.05) is 16.7 Å². The highest BCUT2D eigenvalue weighted by atomic mass is 16.6. The van der Waals surface area contributed by atoms with Crippen molar-refractivity contribution in [3.05, 3.63) is 64.2 Å². The Hall–Kier alpha value is -2.90. The van der Waals surface area contributed by atoms with Gasteiger partial charge in [0.2, 0.25) is 0 Å². The first-order chi connectivity index (χ1) is 15.7. The van der Waals surface area contributed by atoms with Crippen LogP contribution in [0.2, 0.25) is 0 Å². The topological polar surface area (TPSA) is 68.6 Å². The largest absolute Gasteiger partial charge is 0.486 e. The van der Waals surface area contributed by atoms with E-state index in [4.69, 9.17) is 9.47 Å². The first-order valence-electron chi connectivity index (χ1n) is 11.5. The van der Waals surface area contributed by atoms with E-state index in [0.717, 1.165) is 73.7 Å². The van der Waals surface area contributed by atoms with E-state index in [0.29, 0.717) is 19.3 Å². The summed E-state index contributed by atoms with van der Waals surface area (Å²) in [7, 11) is 0. The van der Waals surface area contributed by atoms with E-state index >= 15 is 0 Å². The lowest BCUT2D eigenvalue weighted by atomic mass is 10.0. The van der Waals surface area contributed by atoms with Gasteiger partial charge in [0.1, 0.15) is 13.2 Å². The number of pyridine rings is 2. The molecular weight excluding hydrogens is 404 g/mol. The van der Waals surface area contributed by atoms with Gasteiger partial charge in [-0.25, -0.2) is 0 Å². The third-order valence-electron chi connectivity index (χ3n) is 6.43. The molecular formula is C25H30N4O3. The molecule has 2 aliphatic heterocycles.